The number of rotatable bonds is 6. The molecule has 0 saturated carbocycles. The number of hydrogen-bond donors (Lipinski definition) is 0. The van der Waals surface area contributed by atoms with Crippen LogP contribution in [0.1, 0.15) is 20.3 Å². The van der Waals surface area contributed by atoms with Crippen LogP contribution < -0.4 is 0 Å². The van der Waals surface area contributed by atoms with Crippen LogP contribution in [0, 0.1) is 0 Å². The van der Waals surface area contributed by atoms with Crippen LogP contribution in [0.25, 0.3) is 0 Å². The fourth-order valence-electron chi connectivity index (χ4n) is 0.712. The summed E-state index contributed by atoms with van der Waals surface area (Å²) in [6.45, 7) is 4.12. The fraction of sp³-hybridized carbons (Fsp3) is 1.00. The van der Waals surface area contributed by atoms with Crippen molar-refractivity contribution in [1.29, 1.82) is 0 Å². The highest BCUT2D eigenvalue weighted by Gasteiger charge is 2.19. The Hall–Kier alpha value is 1.02. The summed E-state index contributed by atoms with van der Waals surface area (Å²) < 4.78 is 5.64. The van der Waals surface area contributed by atoms with Gasteiger partial charge in [0.15, 0.2) is 0 Å². The van der Waals surface area contributed by atoms with E-state index in [-0.39, 0.29) is 17.0 Å². The van der Waals surface area contributed by atoms with Crippen molar-refractivity contribution in [2.75, 3.05) is 11.8 Å². The van der Waals surface area contributed by atoms with Crippen molar-refractivity contribution in [3.05, 3.63) is 0 Å². The van der Waals surface area contributed by atoms with Crippen LogP contribution >= 0.6 is 39.1 Å². The van der Waals surface area contributed by atoms with Crippen LogP contribution in [0.3, 0.4) is 0 Å². The molecule has 1 nitrogen and oxygen atoms in total. The number of ether oxygens (including phenoxy) is 1. The van der Waals surface area contributed by atoms with Crippen molar-refractivity contribution in [2.24, 2.45) is 0 Å². The summed E-state index contributed by atoms with van der Waals surface area (Å²) in [6.07, 6.45) is 1.26. The summed E-state index contributed by atoms with van der Waals surface area (Å²) >= 11 is 14.8. The zero-order valence-corrected chi connectivity index (χ0v) is 10.5. The van der Waals surface area contributed by atoms with Crippen molar-refractivity contribution in [3.63, 3.8) is 0 Å². The van der Waals surface area contributed by atoms with Crippen molar-refractivity contribution >= 4 is 39.1 Å². The second kappa shape index (κ2) is 7.43. The van der Waals surface area contributed by atoms with Crippen LogP contribution in [-0.2, 0) is 4.74 Å². The highest BCUT2D eigenvalue weighted by molar-refractivity contribution is 9.09. The van der Waals surface area contributed by atoms with E-state index in [0.29, 0.717) is 11.8 Å². The van der Waals surface area contributed by atoms with Gasteiger partial charge in [-0.15, -0.1) is 23.2 Å². The van der Waals surface area contributed by atoms with Crippen molar-refractivity contribution < 1.29 is 4.74 Å². The van der Waals surface area contributed by atoms with Crippen molar-refractivity contribution in [3.8, 4) is 0 Å². The number of halogens is 3. The highest BCUT2D eigenvalue weighted by Crippen LogP contribution is 2.15. The standard InChI is InChI=1S/C8H15BrCl2O/c1-3-6(2)12-8(5-11)7(9)4-10/h6-8H,3-5H2,1-2H3. The SMILES string of the molecule is CCC(C)OC(CCl)C(Br)CCl. The van der Waals surface area contributed by atoms with Gasteiger partial charge in [-0.25, -0.2) is 0 Å². The maximum Gasteiger partial charge on any atom is 0.0850 e. The smallest absolute Gasteiger partial charge is 0.0850 e. The Bertz CT molecular complexity index is 113. The van der Waals surface area contributed by atoms with E-state index >= 15 is 0 Å². The minimum atomic E-state index is 0.0131. The zero-order valence-electron chi connectivity index (χ0n) is 7.40. The van der Waals surface area contributed by atoms with E-state index in [2.05, 4.69) is 22.9 Å². The van der Waals surface area contributed by atoms with Crippen molar-refractivity contribution in [1.82, 2.24) is 0 Å². The van der Waals surface area contributed by atoms with E-state index in [1.54, 1.807) is 0 Å². The van der Waals surface area contributed by atoms with E-state index in [0.717, 1.165) is 6.42 Å². The second-order valence-corrected chi connectivity index (χ2v) is 4.51. The third-order valence-corrected chi connectivity index (χ3v) is 3.61. The Kier molecular flexibility index (Phi) is 8.06. The zero-order chi connectivity index (χ0) is 9.56. The molecule has 0 bridgehead atoms. The lowest BCUT2D eigenvalue weighted by Gasteiger charge is -2.22. The largest absolute Gasteiger partial charge is 0.373 e. The van der Waals surface area contributed by atoms with Gasteiger partial charge >= 0.3 is 0 Å². The first-order chi connectivity index (χ1) is 5.65. The van der Waals surface area contributed by atoms with Gasteiger partial charge in [-0.05, 0) is 13.3 Å². The molecule has 0 spiro atoms. The second-order valence-electron chi connectivity index (χ2n) is 2.72. The van der Waals surface area contributed by atoms with Gasteiger partial charge < -0.3 is 4.74 Å². The molecule has 0 aromatic rings. The van der Waals surface area contributed by atoms with Gasteiger partial charge in [0.25, 0.3) is 0 Å². The molecule has 0 aromatic carbocycles. The molecule has 0 aliphatic heterocycles. The van der Waals surface area contributed by atoms with Gasteiger partial charge in [0.2, 0.25) is 0 Å². The van der Waals surface area contributed by atoms with Crippen molar-refractivity contribution in [2.45, 2.75) is 37.3 Å². The molecule has 0 heterocycles. The Morgan fingerprint density at radius 1 is 1.33 bits per heavy atom. The highest BCUT2D eigenvalue weighted by atomic mass is 79.9. The lowest BCUT2D eigenvalue weighted by atomic mass is 10.2. The molecule has 3 unspecified atom stereocenters. The maximum atomic E-state index is 5.73. The molecule has 0 radical (unpaired) electrons. The molecule has 0 amide bonds. The summed E-state index contributed by atoms with van der Waals surface area (Å²) in [5.74, 6) is 1.00. The summed E-state index contributed by atoms with van der Waals surface area (Å²) in [5.41, 5.74) is 0. The van der Waals surface area contributed by atoms with Crippen LogP contribution in [0.5, 0.6) is 0 Å². The lowest BCUT2D eigenvalue weighted by molar-refractivity contribution is 0.0114. The van der Waals surface area contributed by atoms with Gasteiger partial charge in [-0.2, -0.15) is 0 Å². The van der Waals surface area contributed by atoms with Crippen LogP contribution in [-0.4, -0.2) is 28.8 Å². The molecule has 0 fully saturated rings. The van der Waals surface area contributed by atoms with Gasteiger partial charge in [-0.1, -0.05) is 22.9 Å². The molecule has 0 aromatic heterocycles. The van der Waals surface area contributed by atoms with Crippen LogP contribution in [0.2, 0.25) is 0 Å². The molecule has 12 heavy (non-hydrogen) atoms. The molecular formula is C8H15BrCl2O. The Balaban J connectivity index is 3.81. The molecule has 0 N–H and O–H groups in total. The number of hydrogen-bond acceptors (Lipinski definition) is 1. The Morgan fingerprint density at radius 3 is 2.25 bits per heavy atom. The van der Waals surface area contributed by atoms with Crippen LogP contribution in [0.4, 0.5) is 0 Å². The molecule has 4 heteroatoms. The van der Waals surface area contributed by atoms with Gasteiger partial charge in [-0.3, -0.25) is 0 Å². The maximum absolute atomic E-state index is 5.73. The summed E-state index contributed by atoms with van der Waals surface area (Å²) in [6, 6.07) is 0. The minimum absolute atomic E-state index is 0.0131. The third-order valence-electron chi connectivity index (χ3n) is 1.68. The average molecular weight is 278 g/mol. The first-order valence-corrected chi connectivity index (χ1v) is 6.05. The van der Waals surface area contributed by atoms with E-state index in [4.69, 9.17) is 27.9 Å². The fourth-order valence-corrected chi connectivity index (χ4v) is 1.73. The lowest BCUT2D eigenvalue weighted by Crippen LogP contribution is -2.30. The molecule has 0 rings (SSSR count). The molecule has 0 aliphatic rings. The monoisotopic (exact) mass is 276 g/mol. The van der Waals surface area contributed by atoms with E-state index in [1.165, 1.54) is 0 Å². The van der Waals surface area contributed by atoms with Crippen LogP contribution in [0.15, 0.2) is 0 Å². The average Bonchev–Trinajstić information content (AvgIpc) is 2.12. The Labute approximate surface area is 92.9 Å². The predicted octanol–water partition coefficient (Wildman–Crippen LogP) is 3.41. The third kappa shape index (κ3) is 4.90. The summed E-state index contributed by atoms with van der Waals surface area (Å²) in [4.78, 5) is 0.144. The predicted molar refractivity (Wildman–Crippen MR) is 58.8 cm³/mol. The summed E-state index contributed by atoms with van der Waals surface area (Å²) in [7, 11) is 0. The molecule has 0 aliphatic carbocycles. The first kappa shape index (κ1) is 13.0. The molecular weight excluding hydrogens is 263 g/mol. The van der Waals surface area contributed by atoms with Gasteiger partial charge in [0.1, 0.15) is 0 Å². The van der Waals surface area contributed by atoms with E-state index in [9.17, 15) is 0 Å². The first-order valence-electron chi connectivity index (χ1n) is 4.07. The molecule has 74 valence electrons. The van der Waals surface area contributed by atoms with Gasteiger partial charge in [0.05, 0.1) is 17.0 Å². The van der Waals surface area contributed by atoms with E-state index in [1.807, 2.05) is 6.92 Å². The van der Waals surface area contributed by atoms with E-state index < -0.39 is 0 Å². The number of alkyl halides is 3. The normalized spacial score (nSPS) is 18.8. The molecule has 0 saturated heterocycles. The topological polar surface area (TPSA) is 9.23 Å². The minimum Gasteiger partial charge on any atom is -0.373 e. The summed E-state index contributed by atoms with van der Waals surface area (Å²) in [5, 5.41) is 0. The Morgan fingerprint density at radius 2 is 1.92 bits per heavy atom. The van der Waals surface area contributed by atoms with Gasteiger partial charge in [0, 0.05) is 11.8 Å². The molecule has 3 atom stereocenters. The quantitative estimate of drug-likeness (QED) is 0.676.